The van der Waals surface area contributed by atoms with Crippen LogP contribution in [0.3, 0.4) is 0 Å². The highest BCUT2D eigenvalue weighted by Crippen LogP contribution is 2.23. The Hall–Kier alpha value is -2.12. The first-order valence-electron chi connectivity index (χ1n) is 33.8. The minimum absolute atomic E-state index is 0.00185. The second kappa shape index (κ2) is 57.7. The number of aliphatic hydroxyl groups is 5. The molecule has 6 N–H and O–H groups in total. The van der Waals surface area contributed by atoms with Crippen molar-refractivity contribution < 1.29 is 49.3 Å². The van der Waals surface area contributed by atoms with Gasteiger partial charge in [-0.3, -0.25) is 9.59 Å². The van der Waals surface area contributed by atoms with Crippen LogP contribution in [0.25, 0.3) is 0 Å². The zero-order valence-corrected chi connectivity index (χ0v) is 51.3. The predicted molar refractivity (Wildman–Crippen MR) is 329 cm³/mol. The molecule has 0 aromatic carbocycles. The van der Waals surface area contributed by atoms with Crippen molar-refractivity contribution in [3.05, 3.63) is 36.5 Å². The van der Waals surface area contributed by atoms with Crippen LogP contribution in [-0.4, -0.2) is 100 Å². The topological polar surface area (TPSA) is 175 Å². The maximum atomic E-state index is 13.0. The summed E-state index contributed by atoms with van der Waals surface area (Å²) in [6, 6.07) is -0.807. The van der Waals surface area contributed by atoms with E-state index in [0.717, 1.165) is 64.2 Å². The third kappa shape index (κ3) is 47.0. The molecule has 1 heterocycles. The van der Waals surface area contributed by atoms with Crippen molar-refractivity contribution >= 4 is 11.9 Å². The predicted octanol–water partition coefficient (Wildman–Crippen LogP) is 16.6. The van der Waals surface area contributed by atoms with Crippen LogP contribution in [0.1, 0.15) is 322 Å². The number of carbonyl (C=O) groups excluding carboxylic acids is 2. The van der Waals surface area contributed by atoms with Gasteiger partial charge in [0.05, 0.1) is 32.0 Å². The van der Waals surface area contributed by atoms with Gasteiger partial charge in [-0.05, 0) is 64.2 Å². The number of esters is 1. The molecule has 11 heteroatoms. The quantitative estimate of drug-likeness (QED) is 0.0195. The smallest absolute Gasteiger partial charge is 0.305 e. The van der Waals surface area contributed by atoms with Crippen molar-refractivity contribution in [1.29, 1.82) is 0 Å². The van der Waals surface area contributed by atoms with E-state index in [4.69, 9.17) is 14.2 Å². The normalized spacial score (nSPS) is 18.6. The summed E-state index contributed by atoms with van der Waals surface area (Å²) in [7, 11) is 0. The first-order valence-corrected chi connectivity index (χ1v) is 33.8. The molecule has 79 heavy (non-hydrogen) atoms. The van der Waals surface area contributed by atoms with Gasteiger partial charge in [0.25, 0.3) is 0 Å². The number of nitrogens with one attached hydrogen (secondary N) is 1. The minimum atomic E-state index is -1.57. The summed E-state index contributed by atoms with van der Waals surface area (Å²) in [4.78, 5) is 25.1. The molecular formula is C68H127NO10. The molecule has 1 rings (SSSR count). The molecule has 0 aromatic heterocycles. The molecular weight excluding hydrogens is 991 g/mol. The van der Waals surface area contributed by atoms with Crippen LogP contribution in [0.4, 0.5) is 0 Å². The number of hydrogen-bond acceptors (Lipinski definition) is 10. The molecule has 0 radical (unpaired) electrons. The number of amides is 1. The van der Waals surface area contributed by atoms with Crippen LogP contribution < -0.4 is 5.32 Å². The molecule has 0 aromatic rings. The highest BCUT2D eigenvalue weighted by molar-refractivity contribution is 5.76. The lowest BCUT2D eigenvalue weighted by Crippen LogP contribution is -2.60. The molecule has 1 amide bonds. The summed E-state index contributed by atoms with van der Waals surface area (Å²) in [5.74, 6) is -0.183. The Morgan fingerprint density at radius 2 is 0.848 bits per heavy atom. The third-order valence-electron chi connectivity index (χ3n) is 16.0. The molecule has 1 aliphatic heterocycles. The maximum Gasteiger partial charge on any atom is 0.305 e. The summed E-state index contributed by atoms with van der Waals surface area (Å²) in [5, 5.41) is 54.3. The van der Waals surface area contributed by atoms with Crippen molar-refractivity contribution in [1.82, 2.24) is 5.32 Å². The van der Waals surface area contributed by atoms with Crippen molar-refractivity contribution in [2.24, 2.45) is 0 Å². The van der Waals surface area contributed by atoms with Gasteiger partial charge in [-0.15, -0.1) is 0 Å². The van der Waals surface area contributed by atoms with Crippen molar-refractivity contribution in [2.75, 3.05) is 19.8 Å². The van der Waals surface area contributed by atoms with Gasteiger partial charge in [-0.2, -0.15) is 0 Å². The number of unbranched alkanes of at least 4 members (excludes halogenated alkanes) is 41. The lowest BCUT2D eigenvalue weighted by Gasteiger charge is -2.40. The van der Waals surface area contributed by atoms with Gasteiger partial charge >= 0.3 is 5.97 Å². The highest BCUT2D eigenvalue weighted by Gasteiger charge is 2.44. The van der Waals surface area contributed by atoms with E-state index in [1.54, 1.807) is 6.08 Å². The van der Waals surface area contributed by atoms with Gasteiger partial charge in [0.1, 0.15) is 24.4 Å². The van der Waals surface area contributed by atoms with E-state index in [2.05, 4.69) is 43.5 Å². The Bertz CT molecular complexity index is 1410. The maximum absolute atomic E-state index is 13.0. The van der Waals surface area contributed by atoms with Gasteiger partial charge in [0.15, 0.2) is 6.29 Å². The SMILES string of the molecule is CCCCC/C=C\C/C=C\CCCCCCCCCC(=O)OCCCCCCCCCCCCCCCCCCCCCCCCCCCC(=O)NC(COC1OC(CO)C(O)C(O)C1O)C(O)/C=C/CCCCCCCCC. The first kappa shape index (κ1) is 74.9. The Kier molecular flexibility index (Phi) is 54.7. The van der Waals surface area contributed by atoms with E-state index in [1.807, 2.05) is 6.08 Å². The summed E-state index contributed by atoms with van der Waals surface area (Å²) < 4.78 is 16.7. The average molecular weight is 1120 g/mol. The summed E-state index contributed by atoms with van der Waals surface area (Å²) in [5.41, 5.74) is 0. The number of hydrogen-bond donors (Lipinski definition) is 6. The number of aliphatic hydroxyl groups excluding tert-OH is 5. The zero-order chi connectivity index (χ0) is 57.3. The van der Waals surface area contributed by atoms with Gasteiger partial charge in [-0.25, -0.2) is 0 Å². The van der Waals surface area contributed by atoms with Crippen molar-refractivity contribution in [2.45, 2.75) is 365 Å². The number of allylic oxidation sites excluding steroid dienone is 5. The van der Waals surface area contributed by atoms with E-state index in [9.17, 15) is 35.1 Å². The fourth-order valence-corrected chi connectivity index (χ4v) is 10.6. The standard InChI is InChI=1S/C68H127NO10/c1-3-5-7-9-11-13-14-15-16-26-30-33-36-40-44-48-52-56-64(73)77-57-53-49-45-41-37-34-31-28-25-23-21-19-17-18-20-22-24-27-29-32-35-39-43-47-51-55-63(72)69-60(61(71)54-50-46-42-38-12-10-8-6-4-2)59-78-68-67(76)66(75)65(74)62(58-70)79-68/h11,13,15-16,50,54,60-62,65-68,70-71,74-76H,3-10,12,14,17-49,51-53,55-59H2,1-2H3,(H,69,72)/b13-11-,16-15-,54-50+. The number of carbonyl (C=O) groups is 2. The van der Waals surface area contributed by atoms with Gasteiger partial charge < -0.3 is 45.1 Å². The van der Waals surface area contributed by atoms with Gasteiger partial charge in [0, 0.05) is 12.8 Å². The average Bonchev–Trinajstić information content (AvgIpc) is 3.47. The van der Waals surface area contributed by atoms with E-state index in [-0.39, 0.29) is 18.5 Å². The van der Waals surface area contributed by atoms with E-state index in [0.29, 0.717) is 19.4 Å². The molecule has 7 unspecified atom stereocenters. The molecule has 11 nitrogen and oxygen atoms in total. The van der Waals surface area contributed by atoms with Gasteiger partial charge in [-0.1, -0.05) is 281 Å². The van der Waals surface area contributed by atoms with E-state index < -0.39 is 49.5 Å². The summed E-state index contributed by atoms with van der Waals surface area (Å²) >= 11 is 0. The first-order chi connectivity index (χ1) is 38.7. The zero-order valence-electron chi connectivity index (χ0n) is 51.3. The van der Waals surface area contributed by atoms with Crippen LogP contribution in [0.5, 0.6) is 0 Å². The Balaban J connectivity index is 1.93. The fourth-order valence-electron chi connectivity index (χ4n) is 10.6. The monoisotopic (exact) mass is 1120 g/mol. The van der Waals surface area contributed by atoms with Crippen molar-refractivity contribution in [3.63, 3.8) is 0 Å². The molecule has 1 fully saturated rings. The fraction of sp³-hybridized carbons (Fsp3) is 0.882. The highest BCUT2D eigenvalue weighted by atomic mass is 16.7. The van der Waals surface area contributed by atoms with E-state index >= 15 is 0 Å². The Morgan fingerprint density at radius 3 is 1.30 bits per heavy atom. The minimum Gasteiger partial charge on any atom is -0.466 e. The van der Waals surface area contributed by atoms with Crippen molar-refractivity contribution in [3.8, 4) is 0 Å². The molecule has 0 bridgehead atoms. The van der Waals surface area contributed by atoms with Crippen LogP contribution in [-0.2, 0) is 23.8 Å². The van der Waals surface area contributed by atoms with Crippen LogP contribution in [0, 0.1) is 0 Å². The third-order valence-corrected chi connectivity index (χ3v) is 16.0. The summed E-state index contributed by atoms with van der Waals surface area (Å²) in [6.45, 7) is 4.31. The Labute approximate surface area is 485 Å². The molecule has 7 atom stereocenters. The lowest BCUT2D eigenvalue weighted by atomic mass is 9.99. The van der Waals surface area contributed by atoms with Crippen LogP contribution >= 0.6 is 0 Å². The molecule has 1 saturated heterocycles. The number of rotatable bonds is 59. The van der Waals surface area contributed by atoms with Crippen LogP contribution in [0.2, 0.25) is 0 Å². The molecule has 464 valence electrons. The molecule has 0 spiro atoms. The molecule has 0 aliphatic carbocycles. The molecule has 0 saturated carbocycles. The second-order valence-corrected chi connectivity index (χ2v) is 23.5. The summed E-state index contributed by atoms with van der Waals surface area (Å²) in [6.07, 6.45) is 62.8. The molecule has 1 aliphatic rings. The Morgan fingerprint density at radius 1 is 0.468 bits per heavy atom. The lowest BCUT2D eigenvalue weighted by molar-refractivity contribution is -0.302. The van der Waals surface area contributed by atoms with Crippen LogP contribution in [0.15, 0.2) is 36.5 Å². The number of ether oxygens (including phenoxy) is 3. The van der Waals surface area contributed by atoms with Gasteiger partial charge in [0.2, 0.25) is 5.91 Å². The van der Waals surface area contributed by atoms with E-state index in [1.165, 1.54) is 231 Å². The second-order valence-electron chi connectivity index (χ2n) is 23.5. The largest absolute Gasteiger partial charge is 0.466 e.